The van der Waals surface area contributed by atoms with Crippen LogP contribution < -0.4 is 5.32 Å². The number of carboxylic acids is 1. The van der Waals surface area contributed by atoms with Crippen molar-refractivity contribution >= 4 is 12.0 Å². The number of carbonyl (C=O) groups excluding carboxylic acids is 1. The van der Waals surface area contributed by atoms with Gasteiger partial charge in [0, 0.05) is 31.9 Å². The minimum absolute atomic E-state index is 0.0408. The second-order valence-electron chi connectivity index (χ2n) is 4.41. The smallest absolute Gasteiger partial charge is 0.326 e. The van der Waals surface area contributed by atoms with Crippen LogP contribution in [0.4, 0.5) is 4.79 Å². The van der Waals surface area contributed by atoms with Crippen molar-refractivity contribution < 1.29 is 19.8 Å². The number of carboxylic acid groups (broad SMARTS) is 1. The van der Waals surface area contributed by atoms with Gasteiger partial charge < -0.3 is 20.4 Å². The molecule has 2 amide bonds. The number of carbonyl (C=O) groups is 2. The summed E-state index contributed by atoms with van der Waals surface area (Å²) in [6.07, 6.45) is 2.51. The number of likely N-dealkylation sites (tertiary alicyclic amines) is 1. The van der Waals surface area contributed by atoms with Crippen molar-refractivity contribution in [2.45, 2.75) is 25.1 Å². The van der Waals surface area contributed by atoms with Gasteiger partial charge in [0.15, 0.2) is 0 Å². The number of amides is 2. The maximum Gasteiger partial charge on any atom is 0.326 e. The number of aliphatic hydroxyl groups excluding tert-OH is 1. The number of aromatic nitrogens is 1. The quantitative estimate of drug-likeness (QED) is 0.703. The fourth-order valence-corrected chi connectivity index (χ4v) is 2.05. The Kier molecular flexibility index (Phi) is 3.96. The maximum absolute atomic E-state index is 11.9. The summed E-state index contributed by atoms with van der Waals surface area (Å²) >= 11 is 0. The summed E-state index contributed by atoms with van der Waals surface area (Å²) in [5.74, 6) is -1.10. The number of aliphatic carboxylic acids is 1. The van der Waals surface area contributed by atoms with Crippen molar-refractivity contribution in [2.75, 3.05) is 6.54 Å². The molecule has 0 radical (unpaired) electrons. The molecule has 7 heteroatoms. The first kappa shape index (κ1) is 13.3. The average Bonchev–Trinajstić information content (AvgIpc) is 2.79. The van der Waals surface area contributed by atoms with Gasteiger partial charge in [-0.1, -0.05) is 0 Å². The van der Waals surface area contributed by atoms with Crippen molar-refractivity contribution in [1.29, 1.82) is 0 Å². The summed E-state index contributed by atoms with van der Waals surface area (Å²) in [7, 11) is 0. The van der Waals surface area contributed by atoms with Crippen LogP contribution in [-0.2, 0) is 11.3 Å². The minimum atomic E-state index is -1.10. The third-order valence-electron chi connectivity index (χ3n) is 3.02. The van der Waals surface area contributed by atoms with Gasteiger partial charge in [-0.05, 0) is 17.7 Å². The molecule has 0 bridgehead atoms. The van der Waals surface area contributed by atoms with E-state index in [0.29, 0.717) is 6.54 Å². The lowest BCUT2D eigenvalue weighted by Gasteiger charge is -2.21. The number of urea groups is 1. The highest BCUT2D eigenvalue weighted by atomic mass is 16.4. The molecule has 0 saturated carbocycles. The van der Waals surface area contributed by atoms with Crippen LogP contribution in [0.3, 0.4) is 0 Å². The highest BCUT2D eigenvalue weighted by molar-refractivity contribution is 5.83. The fourth-order valence-electron chi connectivity index (χ4n) is 2.05. The van der Waals surface area contributed by atoms with E-state index in [1.807, 2.05) is 0 Å². The summed E-state index contributed by atoms with van der Waals surface area (Å²) in [4.78, 5) is 27.9. The maximum atomic E-state index is 11.9. The van der Waals surface area contributed by atoms with Gasteiger partial charge in [-0.15, -0.1) is 0 Å². The Balaban J connectivity index is 1.94. The van der Waals surface area contributed by atoms with E-state index in [1.54, 1.807) is 24.5 Å². The van der Waals surface area contributed by atoms with E-state index in [2.05, 4.69) is 10.3 Å². The van der Waals surface area contributed by atoms with Crippen molar-refractivity contribution in [3.05, 3.63) is 30.1 Å². The topological polar surface area (TPSA) is 103 Å². The predicted molar refractivity (Wildman–Crippen MR) is 65.2 cm³/mol. The molecule has 7 nitrogen and oxygen atoms in total. The number of pyridine rings is 1. The molecule has 2 rings (SSSR count). The van der Waals surface area contributed by atoms with Crippen LogP contribution in [0, 0.1) is 0 Å². The normalized spacial score (nSPS) is 22.3. The highest BCUT2D eigenvalue weighted by Crippen LogP contribution is 2.18. The Hall–Kier alpha value is -2.15. The van der Waals surface area contributed by atoms with Gasteiger partial charge in [0.25, 0.3) is 0 Å². The van der Waals surface area contributed by atoms with Crippen molar-refractivity contribution in [3.63, 3.8) is 0 Å². The number of hydrogen-bond acceptors (Lipinski definition) is 4. The zero-order valence-corrected chi connectivity index (χ0v) is 10.2. The Labute approximate surface area is 109 Å². The molecule has 2 atom stereocenters. The molecular weight excluding hydrogens is 250 g/mol. The van der Waals surface area contributed by atoms with Crippen LogP contribution in [0.25, 0.3) is 0 Å². The van der Waals surface area contributed by atoms with Gasteiger partial charge in [-0.2, -0.15) is 0 Å². The van der Waals surface area contributed by atoms with E-state index >= 15 is 0 Å². The van der Waals surface area contributed by atoms with Gasteiger partial charge in [0.05, 0.1) is 6.10 Å². The summed E-state index contributed by atoms with van der Waals surface area (Å²) in [6, 6.07) is 2.06. The third-order valence-corrected chi connectivity index (χ3v) is 3.02. The van der Waals surface area contributed by atoms with Gasteiger partial charge in [-0.25, -0.2) is 9.59 Å². The van der Waals surface area contributed by atoms with E-state index < -0.39 is 24.1 Å². The van der Waals surface area contributed by atoms with Crippen molar-refractivity contribution in [1.82, 2.24) is 15.2 Å². The van der Waals surface area contributed by atoms with Crippen LogP contribution in [-0.4, -0.2) is 50.8 Å². The van der Waals surface area contributed by atoms with E-state index in [4.69, 9.17) is 5.11 Å². The van der Waals surface area contributed by atoms with E-state index in [0.717, 1.165) is 10.5 Å². The molecule has 0 spiro atoms. The molecule has 3 N–H and O–H groups in total. The summed E-state index contributed by atoms with van der Waals surface area (Å²) in [5, 5.41) is 21.1. The average molecular weight is 265 g/mol. The standard InChI is InChI=1S/C12H15N3O4/c16-9-5-10(11(17)18)15(7-9)12(19)14-6-8-1-3-13-4-2-8/h1-4,9-10,16H,5-7H2,(H,14,19)(H,17,18)/t9-,10-/m1/s1. The summed E-state index contributed by atoms with van der Waals surface area (Å²) in [6.45, 7) is 0.333. The van der Waals surface area contributed by atoms with E-state index in [-0.39, 0.29) is 13.0 Å². The van der Waals surface area contributed by atoms with Crippen LogP contribution in [0.15, 0.2) is 24.5 Å². The zero-order chi connectivity index (χ0) is 13.8. The second kappa shape index (κ2) is 5.66. The molecule has 2 heterocycles. The van der Waals surface area contributed by atoms with Crippen molar-refractivity contribution in [2.24, 2.45) is 0 Å². The first-order valence-corrected chi connectivity index (χ1v) is 5.92. The Bertz CT molecular complexity index is 465. The van der Waals surface area contributed by atoms with Crippen LogP contribution in [0.1, 0.15) is 12.0 Å². The van der Waals surface area contributed by atoms with Crippen LogP contribution in [0.5, 0.6) is 0 Å². The lowest BCUT2D eigenvalue weighted by Crippen LogP contribution is -2.45. The summed E-state index contributed by atoms with van der Waals surface area (Å²) in [5.41, 5.74) is 0.870. The molecule has 1 aromatic rings. The Morgan fingerprint density at radius 3 is 2.74 bits per heavy atom. The number of aliphatic hydroxyl groups is 1. The predicted octanol–water partition coefficient (Wildman–Crippen LogP) is -0.189. The number of hydrogen-bond donors (Lipinski definition) is 3. The third kappa shape index (κ3) is 3.19. The van der Waals surface area contributed by atoms with Gasteiger partial charge in [0.1, 0.15) is 6.04 Å². The molecule has 0 unspecified atom stereocenters. The molecule has 1 fully saturated rings. The molecule has 1 aliphatic rings. The molecule has 1 saturated heterocycles. The Morgan fingerprint density at radius 2 is 2.11 bits per heavy atom. The lowest BCUT2D eigenvalue weighted by molar-refractivity contribution is -0.141. The minimum Gasteiger partial charge on any atom is -0.480 e. The number of rotatable bonds is 3. The lowest BCUT2D eigenvalue weighted by atomic mass is 10.2. The van der Waals surface area contributed by atoms with E-state index in [9.17, 15) is 14.7 Å². The zero-order valence-electron chi connectivity index (χ0n) is 10.2. The van der Waals surface area contributed by atoms with Gasteiger partial charge in [0.2, 0.25) is 0 Å². The number of nitrogens with one attached hydrogen (secondary N) is 1. The molecule has 102 valence electrons. The largest absolute Gasteiger partial charge is 0.480 e. The SMILES string of the molecule is O=C(O)[C@H]1C[C@@H](O)CN1C(=O)NCc1ccncc1. The van der Waals surface area contributed by atoms with E-state index in [1.165, 1.54) is 0 Å². The molecule has 0 aromatic carbocycles. The van der Waals surface area contributed by atoms with Crippen molar-refractivity contribution in [3.8, 4) is 0 Å². The van der Waals surface area contributed by atoms with Crippen LogP contribution in [0.2, 0.25) is 0 Å². The molecular formula is C12H15N3O4. The highest BCUT2D eigenvalue weighted by Gasteiger charge is 2.38. The van der Waals surface area contributed by atoms with Gasteiger partial charge >= 0.3 is 12.0 Å². The molecule has 1 aliphatic heterocycles. The van der Waals surface area contributed by atoms with Crippen LogP contribution >= 0.6 is 0 Å². The summed E-state index contributed by atoms with van der Waals surface area (Å²) < 4.78 is 0. The molecule has 1 aromatic heterocycles. The molecule has 19 heavy (non-hydrogen) atoms. The first-order chi connectivity index (χ1) is 9.08. The Morgan fingerprint density at radius 1 is 1.42 bits per heavy atom. The molecule has 0 aliphatic carbocycles. The number of β-amino-alcohol motifs (C(OH)–C–C–N with tert-alkyl or cyclic N) is 1. The second-order valence-corrected chi connectivity index (χ2v) is 4.41. The first-order valence-electron chi connectivity index (χ1n) is 5.92. The monoisotopic (exact) mass is 265 g/mol. The number of nitrogens with zero attached hydrogens (tertiary/aromatic N) is 2. The van der Waals surface area contributed by atoms with Gasteiger partial charge in [-0.3, -0.25) is 4.98 Å². The fraction of sp³-hybridized carbons (Fsp3) is 0.417.